The summed E-state index contributed by atoms with van der Waals surface area (Å²) in [5.74, 6) is -1.07. The van der Waals surface area contributed by atoms with Crippen LogP contribution in [0.15, 0.2) is 35.2 Å². The summed E-state index contributed by atoms with van der Waals surface area (Å²) in [5, 5.41) is 0. The van der Waals surface area contributed by atoms with Crippen LogP contribution >= 0.6 is 0 Å². The molecule has 3 N–H and O–H groups in total. The van der Waals surface area contributed by atoms with Gasteiger partial charge in [0.2, 0.25) is 5.91 Å². The number of benzene rings is 1. The molecule has 0 fully saturated rings. The van der Waals surface area contributed by atoms with Crippen molar-refractivity contribution >= 4 is 15.9 Å². The summed E-state index contributed by atoms with van der Waals surface area (Å²) in [5.41, 5.74) is 5.48. The van der Waals surface area contributed by atoms with Crippen molar-refractivity contribution in [1.82, 2.24) is 4.72 Å². The summed E-state index contributed by atoms with van der Waals surface area (Å²) in [7, 11) is -3.83. The van der Waals surface area contributed by atoms with Gasteiger partial charge in [0.25, 0.3) is 10.0 Å². The minimum Gasteiger partial charge on any atom is -0.330 e. The third-order valence-electron chi connectivity index (χ3n) is 2.80. The van der Waals surface area contributed by atoms with Crippen molar-refractivity contribution in [3.8, 4) is 0 Å². The molecule has 1 aromatic carbocycles. The summed E-state index contributed by atoms with van der Waals surface area (Å²) in [6, 6.07) is 7.81. The first kappa shape index (κ1) is 16.7. The lowest BCUT2D eigenvalue weighted by molar-refractivity contribution is -0.123. The second-order valence-electron chi connectivity index (χ2n) is 5.98. The van der Waals surface area contributed by atoms with Crippen LogP contribution in [-0.4, -0.2) is 20.9 Å². The van der Waals surface area contributed by atoms with Crippen molar-refractivity contribution in [3.63, 3.8) is 0 Å². The van der Waals surface area contributed by atoms with Crippen LogP contribution in [-0.2, 0) is 14.8 Å². The van der Waals surface area contributed by atoms with Gasteiger partial charge in [-0.15, -0.1) is 0 Å². The molecule has 1 rings (SSSR count). The molecule has 0 saturated heterocycles. The summed E-state index contributed by atoms with van der Waals surface area (Å²) in [4.78, 5) is 12.1. The summed E-state index contributed by atoms with van der Waals surface area (Å²) in [6.07, 6.45) is 0.527. The molecule has 0 radical (unpaired) electrons. The van der Waals surface area contributed by atoms with Crippen molar-refractivity contribution in [2.45, 2.75) is 32.1 Å². The number of rotatable bonds is 5. The number of nitrogens with one attached hydrogen (secondary N) is 1. The van der Waals surface area contributed by atoms with Gasteiger partial charge < -0.3 is 5.73 Å². The van der Waals surface area contributed by atoms with Crippen LogP contribution in [0.25, 0.3) is 0 Å². The lowest BCUT2D eigenvalue weighted by Crippen LogP contribution is -2.40. The third kappa shape index (κ3) is 4.94. The smallest absolute Gasteiger partial charge is 0.264 e. The van der Waals surface area contributed by atoms with E-state index in [2.05, 4.69) is 4.72 Å². The van der Waals surface area contributed by atoms with Gasteiger partial charge in [-0.25, -0.2) is 13.1 Å². The van der Waals surface area contributed by atoms with E-state index in [0.717, 1.165) is 0 Å². The second-order valence-corrected chi connectivity index (χ2v) is 7.66. The van der Waals surface area contributed by atoms with E-state index in [-0.39, 0.29) is 16.9 Å². The first-order valence-corrected chi connectivity index (χ1v) is 7.96. The van der Waals surface area contributed by atoms with Gasteiger partial charge in [-0.1, -0.05) is 39.0 Å². The molecule has 0 heterocycles. The van der Waals surface area contributed by atoms with Crippen LogP contribution in [0.4, 0.5) is 0 Å². The van der Waals surface area contributed by atoms with E-state index >= 15 is 0 Å². The molecule has 0 spiro atoms. The molecule has 112 valence electrons. The maximum Gasteiger partial charge on any atom is 0.264 e. The lowest BCUT2D eigenvalue weighted by atomic mass is 9.84. The molecule has 0 saturated carbocycles. The molecule has 5 nitrogen and oxygen atoms in total. The summed E-state index contributed by atoms with van der Waals surface area (Å²) >= 11 is 0. The Morgan fingerprint density at radius 3 is 2.25 bits per heavy atom. The van der Waals surface area contributed by atoms with Crippen LogP contribution in [0, 0.1) is 11.3 Å². The highest BCUT2D eigenvalue weighted by molar-refractivity contribution is 7.90. The van der Waals surface area contributed by atoms with Gasteiger partial charge in [0.15, 0.2) is 0 Å². The fourth-order valence-electron chi connectivity index (χ4n) is 1.90. The van der Waals surface area contributed by atoms with Crippen molar-refractivity contribution in [1.29, 1.82) is 0 Å². The first-order chi connectivity index (χ1) is 9.15. The zero-order valence-electron chi connectivity index (χ0n) is 12.1. The van der Waals surface area contributed by atoms with E-state index < -0.39 is 21.8 Å². The van der Waals surface area contributed by atoms with Gasteiger partial charge in [0, 0.05) is 6.54 Å². The molecular formula is C14H22N2O3S. The van der Waals surface area contributed by atoms with Gasteiger partial charge in [-0.05, 0) is 24.0 Å². The number of sulfonamides is 1. The Morgan fingerprint density at radius 2 is 1.80 bits per heavy atom. The van der Waals surface area contributed by atoms with Crippen molar-refractivity contribution in [2.75, 3.05) is 6.54 Å². The largest absolute Gasteiger partial charge is 0.330 e. The van der Waals surface area contributed by atoms with Crippen molar-refractivity contribution < 1.29 is 13.2 Å². The molecule has 0 bridgehead atoms. The predicted octanol–water partition coefficient (Wildman–Crippen LogP) is 1.50. The standard InChI is InChI=1S/C14H22N2O3S/c1-14(2,3)9-11(10-15)13(17)16-20(18,19)12-7-5-4-6-8-12/h4-8,11H,9-10,15H2,1-3H3,(H,16,17). The molecule has 0 aliphatic rings. The molecule has 1 aromatic rings. The topological polar surface area (TPSA) is 89.3 Å². The first-order valence-electron chi connectivity index (χ1n) is 6.47. The monoisotopic (exact) mass is 298 g/mol. The zero-order valence-corrected chi connectivity index (χ0v) is 12.9. The molecule has 0 aromatic heterocycles. The quantitative estimate of drug-likeness (QED) is 0.862. The highest BCUT2D eigenvalue weighted by Crippen LogP contribution is 2.24. The van der Waals surface area contributed by atoms with Crippen LogP contribution < -0.4 is 10.5 Å². The Morgan fingerprint density at radius 1 is 1.25 bits per heavy atom. The van der Waals surface area contributed by atoms with Gasteiger partial charge in [0.1, 0.15) is 0 Å². The number of amides is 1. The number of carbonyl (C=O) groups excluding carboxylic acids is 1. The Bertz CT molecular complexity index is 548. The van der Waals surface area contributed by atoms with Crippen LogP contribution in [0.5, 0.6) is 0 Å². The highest BCUT2D eigenvalue weighted by Gasteiger charge is 2.27. The Kier molecular flexibility index (Phi) is 5.30. The van der Waals surface area contributed by atoms with Gasteiger partial charge >= 0.3 is 0 Å². The Labute approximate surface area is 120 Å². The summed E-state index contributed by atoms with van der Waals surface area (Å²) in [6.45, 7) is 6.06. The van der Waals surface area contributed by atoms with Crippen molar-refractivity contribution in [3.05, 3.63) is 30.3 Å². The molecule has 0 aliphatic heterocycles. The molecule has 20 heavy (non-hydrogen) atoms. The fourth-order valence-corrected chi connectivity index (χ4v) is 2.96. The molecule has 0 aliphatic carbocycles. The normalized spacial score (nSPS) is 13.8. The van der Waals surface area contributed by atoms with E-state index in [1.54, 1.807) is 18.2 Å². The number of hydrogen-bond donors (Lipinski definition) is 2. The predicted molar refractivity (Wildman–Crippen MR) is 78.4 cm³/mol. The minimum atomic E-state index is -3.83. The maximum atomic E-state index is 12.1. The van der Waals surface area contributed by atoms with E-state index in [9.17, 15) is 13.2 Å². The Balaban J connectivity index is 2.84. The van der Waals surface area contributed by atoms with E-state index in [4.69, 9.17) is 5.73 Å². The minimum absolute atomic E-state index is 0.0693. The molecule has 6 heteroatoms. The number of nitrogens with two attached hydrogens (primary N) is 1. The van der Waals surface area contributed by atoms with E-state index in [0.29, 0.717) is 6.42 Å². The molecule has 1 amide bonds. The SMILES string of the molecule is CC(C)(C)CC(CN)C(=O)NS(=O)(=O)c1ccccc1. The van der Waals surface area contributed by atoms with Gasteiger partial charge in [0.05, 0.1) is 10.8 Å². The average molecular weight is 298 g/mol. The molecule has 1 unspecified atom stereocenters. The molecule has 1 atom stereocenters. The summed E-state index contributed by atoms with van der Waals surface area (Å²) < 4.78 is 26.2. The number of hydrogen-bond acceptors (Lipinski definition) is 4. The fraction of sp³-hybridized carbons (Fsp3) is 0.500. The van der Waals surface area contributed by atoms with E-state index in [1.165, 1.54) is 12.1 Å². The van der Waals surface area contributed by atoms with Crippen LogP contribution in [0.3, 0.4) is 0 Å². The van der Waals surface area contributed by atoms with Crippen LogP contribution in [0.1, 0.15) is 27.2 Å². The number of carbonyl (C=O) groups is 1. The van der Waals surface area contributed by atoms with Gasteiger partial charge in [-0.2, -0.15) is 0 Å². The lowest BCUT2D eigenvalue weighted by Gasteiger charge is -2.24. The van der Waals surface area contributed by atoms with Gasteiger partial charge in [-0.3, -0.25) is 4.79 Å². The average Bonchev–Trinajstić information content (AvgIpc) is 2.35. The third-order valence-corrected chi connectivity index (χ3v) is 4.17. The second kappa shape index (κ2) is 6.37. The molecular weight excluding hydrogens is 276 g/mol. The highest BCUT2D eigenvalue weighted by atomic mass is 32.2. The zero-order chi connectivity index (χ0) is 15.4. The van der Waals surface area contributed by atoms with Crippen LogP contribution in [0.2, 0.25) is 0 Å². The maximum absolute atomic E-state index is 12.1. The Hall–Kier alpha value is -1.40. The van der Waals surface area contributed by atoms with Crippen molar-refractivity contribution in [2.24, 2.45) is 17.1 Å². The van der Waals surface area contributed by atoms with E-state index in [1.807, 2.05) is 20.8 Å².